The average Bonchev–Trinajstić information content (AvgIpc) is 2.50. The summed E-state index contributed by atoms with van der Waals surface area (Å²) < 4.78 is 36.5. The number of amides is 2. The van der Waals surface area contributed by atoms with Crippen molar-refractivity contribution in [2.45, 2.75) is 12.6 Å². The Kier molecular flexibility index (Phi) is 6.03. The molecule has 130 valence electrons. The van der Waals surface area contributed by atoms with Gasteiger partial charge in [0.2, 0.25) is 0 Å². The van der Waals surface area contributed by atoms with E-state index in [2.05, 4.69) is 10.6 Å². The molecule has 0 aliphatic carbocycles. The Hall–Kier alpha value is -2.28. The van der Waals surface area contributed by atoms with Crippen LogP contribution in [0.4, 0.5) is 23.7 Å². The van der Waals surface area contributed by atoms with Crippen molar-refractivity contribution in [2.75, 3.05) is 32.0 Å². The standard InChI is InChI=1S/C17H20F3N3O/c1-23(12-17(18,19)20)10-4-9-21-16(24)22-15-8-7-13-5-2-3-6-14(13)11-15/h2-3,5-8,11H,4,9-10,12H2,1H3,(H2,21,22,24). The molecule has 0 fully saturated rings. The molecule has 0 spiro atoms. The number of nitrogens with one attached hydrogen (secondary N) is 2. The van der Waals surface area contributed by atoms with Crippen LogP contribution < -0.4 is 10.6 Å². The van der Waals surface area contributed by atoms with Crippen molar-refractivity contribution >= 4 is 22.5 Å². The normalized spacial score (nSPS) is 11.7. The van der Waals surface area contributed by atoms with Gasteiger partial charge in [0.25, 0.3) is 0 Å². The van der Waals surface area contributed by atoms with Gasteiger partial charge in [-0.25, -0.2) is 4.79 Å². The Morgan fingerprint density at radius 3 is 2.54 bits per heavy atom. The highest BCUT2D eigenvalue weighted by molar-refractivity contribution is 5.93. The van der Waals surface area contributed by atoms with Crippen LogP contribution >= 0.6 is 0 Å². The Labute approximate surface area is 138 Å². The van der Waals surface area contributed by atoms with Gasteiger partial charge in [-0.15, -0.1) is 0 Å². The first-order valence-corrected chi connectivity index (χ1v) is 7.62. The first-order valence-electron chi connectivity index (χ1n) is 7.62. The van der Waals surface area contributed by atoms with Gasteiger partial charge >= 0.3 is 12.2 Å². The molecule has 0 radical (unpaired) electrons. The van der Waals surface area contributed by atoms with Crippen LogP contribution in [0.2, 0.25) is 0 Å². The number of benzene rings is 2. The van der Waals surface area contributed by atoms with E-state index in [4.69, 9.17) is 0 Å². The van der Waals surface area contributed by atoms with E-state index in [1.807, 2.05) is 36.4 Å². The van der Waals surface area contributed by atoms with Crippen LogP contribution in [0.3, 0.4) is 0 Å². The van der Waals surface area contributed by atoms with Crippen molar-refractivity contribution in [3.8, 4) is 0 Å². The Morgan fingerprint density at radius 1 is 1.12 bits per heavy atom. The fraction of sp³-hybridized carbons (Fsp3) is 0.353. The number of anilines is 1. The van der Waals surface area contributed by atoms with Gasteiger partial charge in [0.1, 0.15) is 0 Å². The summed E-state index contributed by atoms with van der Waals surface area (Å²) in [7, 11) is 1.41. The zero-order valence-electron chi connectivity index (χ0n) is 13.4. The van der Waals surface area contributed by atoms with Crippen LogP contribution in [-0.2, 0) is 0 Å². The lowest BCUT2D eigenvalue weighted by Gasteiger charge is -2.18. The largest absolute Gasteiger partial charge is 0.401 e. The van der Waals surface area contributed by atoms with E-state index in [0.29, 0.717) is 18.7 Å². The lowest BCUT2D eigenvalue weighted by atomic mass is 10.1. The maximum Gasteiger partial charge on any atom is 0.401 e. The summed E-state index contributed by atoms with van der Waals surface area (Å²) in [6, 6.07) is 13.0. The average molecular weight is 339 g/mol. The Balaban J connectivity index is 1.73. The third kappa shape index (κ3) is 6.08. The van der Waals surface area contributed by atoms with E-state index in [0.717, 1.165) is 10.8 Å². The number of alkyl halides is 3. The molecule has 2 N–H and O–H groups in total. The lowest BCUT2D eigenvalue weighted by molar-refractivity contribution is -0.143. The Bertz CT molecular complexity index is 688. The van der Waals surface area contributed by atoms with Crippen LogP contribution in [-0.4, -0.2) is 43.8 Å². The molecule has 0 aromatic heterocycles. The van der Waals surface area contributed by atoms with E-state index in [-0.39, 0.29) is 12.6 Å². The molecule has 0 unspecified atom stereocenters. The third-order valence-electron chi connectivity index (χ3n) is 3.46. The molecule has 2 aromatic carbocycles. The second kappa shape index (κ2) is 8.01. The summed E-state index contributed by atoms with van der Waals surface area (Å²) in [5, 5.41) is 7.45. The second-order valence-corrected chi connectivity index (χ2v) is 5.65. The molecule has 24 heavy (non-hydrogen) atoms. The highest BCUT2D eigenvalue weighted by Crippen LogP contribution is 2.18. The molecular formula is C17H20F3N3O. The maximum absolute atomic E-state index is 12.2. The molecule has 7 heteroatoms. The van der Waals surface area contributed by atoms with Crippen molar-refractivity contribution in [3.05, 3.63) is 42.5 Å². The van der Waals surface area contributed by atoms with Crippen LogP contribution in [0, 0.1) is 0 Å². The molecule has 2 amide bonds. The molecule has 0 saturated carbocycles. The second-order valence-electron chi connectivity index (χ2n) is 5.65. The Morgan fingerprint density at radius 2 is 1.83 bits per heavy atom. The summed E-state index contributed by atoms with van der Waals surface area (Å²) in [6.07, 6.45) is -3.76. The van der Waals surface area contributed by atoms with E-state index >= 15 is 0 Å². The van der Waals surface area contributed by atoms with Gasteiger partial charge in [-0.3, -0.25) is 4.90 Å². The molecule has 2 rings (SSSR count). The predicted octanol–water partition coefficient (Wildman–Crippen LogP) is 3.85. The molecule has 0 atom stereocenters. The summed E-state index contributed by atoms with van der Waals surface area (Å²) in [4.78, 5) is 13.0. The highest BCUT2D eigenvalue weighted by Gasteiger charge is 2.28. The molecular weight excluding hydrogens is 319 g/mol. The molecule has 4 nitrogen and oxygen atoms in total. The zero-order valence-corrected chi connectivity index (χ0v) is 13.4. The van der Waals surface area contributed by atoms with Crippen LogP contribution in [0.15, 0.2) is 42.5 Å². The van der Waals surface area contributed by atoms with Gasteiger partial charge in [0.05, 0.1) is 6.54 Å². The topological polar surface area (TPSA) is 44.4 Å². The van der Waals surface area contributed by atoms with E-state index < -0.39 is 12.7 Å². The number of carbonyl (C=O) groups is 1. The van der Waals surface area contributed by atoms with Gasteiger partial charge in [-0.2, -0.15) is 13.2 Å². The van der Waals surface area contributed by atoms with Crippen LogP contribution in [0.5, 0.6) is 0 Å². The summed E-state index contributed by atoms with van der Waals surface area (Å²) >= 11 is 0. The molecule has 0 aliphatic heterocycles. The first-order chi connectivity index (χ1) is 11.3. The zero-order chi connectivity index (χ0) is 17.6. The third-order valence-corrected chi connectivity index (χ3v) is 3.46. The molecule has 0 heterocycles. The van der Waals surface area contributed by atoms with Crippen LogP contribution in [0.25, 0.3) is 10.8 Å². The SMILES string of the molecule is CN(CCCNC(=O)Nc1ccc2ccccc2c1)CC(F)(F)F. The predicted molar refractivity (Wildman–Crippen MR) is 89.1 cm³/mol. The highest BCUT2D eigenvalue weighted by atomic mass is 19.4. The van der Waals surface area contributed by atoms with Crippen molar-refractivity contribution < 1.29 is 18.0 Å². The van der Waals surface area contributed by atoms with Crippen molar-refractivity contribution in [1.29, 1.82) is 0 Å². The van der Waals surface area contributed by atoms with E-state index in [1.165, 1.54) is 11.9 Å². The van der Waals surface area contributed by atoms with Gasteiger partial charge in [-0.05, 0) is 42.9 Å². The van der Waals surface area contributed by atoms with Gasteiger partial charge in [0.15, 0.2) is 0 Å². The van der Waals surface area contributed by atoms with Gasteiger partial charge in [0, 0.05) is 12.2 Å². The summed E-state index contributed by atoms with van der Waals surface area (Å²) in [5.41, 5.74) is 0.667. The fourth-order valence-corrected chi connectivity index (χ4v) is 2.38. The number of halogens is 3. The van der Waals surface area contributed by atoms with Crippen molar-refractivity contribution in [2.24, 2.45) is 0 Å². The smallest absolute Gasteiger partial charge is 0.338 e. The summed E-state index contributed by atoms with van der Waals surface area (Å²) in [5.74, 6) is 0. The number of hydrogen-bond acceptors (Lipinski definition) is 2. The van der Waals surface area contributed by atoms with E-state index in [1.54, 1.807) is 6.07 Å². The van der Waals surface area contributed by atoms with E-state index in [9.17, 15) is 18.0 Å². The number of rotatable bonds is 6. The lowest BCUT2D eigenvalue weighted by Crippen LogP contribution is -2.34. The van der Waals surface area contributed by atoms with Crippen LogP contribution in [0.1, 0.15) is 6.42 Å². The van der Waals surface area contributed by atoms with Crippen molar-refractivity contribution in [3.63, 3.8) is 0 Å². The minimum atomic E-state index is -4.20. The monoisotopic (exact) mass is 339 g/mol. The number of fused-ring (bicyclic) bond motifs is 1. The fourth-order valence-electron chi connectivity index (χ4n) is 2.38. The molecule has 2 aromatic rings. The van der Waals surface area contributed by atoms with Gasteiger partial charge < -0.3 is 10.6 Å². The number of hydrogen-bond donors (Lipinski definition) is 2. The quantitative estimate of drug-likeness (QED) is 0.785. The first kappa shape index (κ1) is 18.1. The molecule has 0 bridgehead atoms. The summed E-state index contributed by atoms with van der Waals surface area (Å²) in [6.45, 7) is -0.381. The number of carbonyl (C=O) groups excluding carboxylic acids is 1. The minimum absolute atomic E-state index is 0.260. The van der Waals surface area contributed by atoms with Gasteiger partial charge in [-0.1, -0.05) is 30.3 Å². The molecule has 0 aliphatic rings. The molecule has 0 saturated heterocycles. The van der Waals surface area contributed by atoms with Crippen molar-refractivity contribution in [1.82, 2.24) is 10.2 Å². The maximum atomic E-state index is 12.2. The number of urea groups is 1. The minimum Gasteiger partial charge on any atom is -0.338 e. The number of nitrogens with zero attached hydrogens (tertiary/aromatic N) is 1.